The number of aromatic nitrogens is 1. The van der Waals surface area contributed by atoms with Crippen molar-refractivity contribution in [3.8, 4) is 0 Å². The van der Waals surface area contributed by atoms with Crippen molar-refractivity contribution >= 4 is 23.3 Å². The van der Waals surface area contributed by atoms with Crippen LogP contribution in [0.25, 0.3) is 0 Å². The van der Waals surface area contributed by atoms with Gasteiger partial charge in [0, 0.05) is 19.8 Å². The molecule has 1 atom stereocenters. The van der Waals surface area contributed by atoms with Gasteiger partial charge in [0.2, 0.25) is 0 Å². The van der Waals surface area contributed by atoms with Crippen molar-refractivity contribution < 1.29 is 9.90 Å². The van der Waals surface area contributed by atoms with Gasteiger partial charge in [-0.3, -0.25) is 0 Å². The smallest absolute Gasteiger partial charge is 0.321 e. The molecule has 1 heterocycles. The average Bonchev–Trinajstić information content (AvgIpc) is 3.15. The predicted molar refractivity (Wildman–Crippen MR) is 69.6 cm³/mol. The summed E-state index contributed by atoms with van der Waals surface area (Å²) in [7, 11) is 1.64. The number of pyridine rings is 1. The lowest BCUT2D eigenvalue weighted by molar-refractivity contribution is 0.117. The van der Waals surface area contributed by atoms with E-state index in [1.807, 2.05) is 0 Å². The number of urea groups is 1. The first-order chi connectivity index (χ1) is 8.58. The lowest BCUT2D eigenvalue weighted by atomic mass is 10.2. The van der Waals surface area contributed by atoms with Crippen LogP contribution in [-0.4, -0.2) is 40.7 Å². The van der Waals surface area contributed by atoms with E-state index in [1.54, 1.807) is 25.4 Å². The Morgan fingerprint density at radius 1 is 1.72 bits per heavy atom. The van der Waals surface area contributed by atoms with Crippen molar-refractivity contribution in [2.75, 3.05) is 18.9 Å². The number of rotatable bonds is 4. The molecule has 0 spiro atoms. The highest BCUT2D eigenvalue weighted by Crippen LogP contribution is 2.32. The van der Waals surface area contributed by atoms with Gasteiger partial charge < -0.3 is 15.3 Å². The highest BCUT2D eigenvalue weighted by Gasteiger charge is 2.31. The SMILES string of the molecule is CN(CC(O)C1CC1)C(=O)Nc1cccnc1Cl. The van der Waals surface area contributed by atoms with Crippen LogP contribution in [0, 0.1) is 5.92 Å². The second-order valence-corrected chi connectivity index (χ2v) is 4.92. The van der Waals surface area contributed by atoms with E-state index >= 15 is 0 Å². The zero-order valence-electron chi connectivity index (χ0n) is 10.1. The molecule has 2 rings (SSSR count). The van der Waals surface area contributed by atoms with E-state index < -0.39 is 6.10 Å². The van der Waals surface area contributed by atoms with Crippen molar-refractivity contribution in [1.29, 1.82) is 0 Å². The molecule has 1 aromatic rings. The summed E-state index contributed by atoms with van der Waals surface area (Å²) in [6.45, 7) is 0.328. The molecule has 1 saturated carbocycles. The van der Waals surface area contributed by atoms with Gasteiger partial charge >= 0.3 is 6.03 Å². The van der Waals surface area contributed by atoms with Gasteiger partial charge in [-0.05, 0) is 30.9 Å². The third-order valence-electron chi connectivity index (χ3n) is 2.97. The zero-order valence-corrected chi connectivity index (χ0v) is 10.9. The summed E-state index contributed by atoms with van der Waals surface area (Å²) in [6, 6.07) is 3.07. The molecule has 2 N–H and O–H groups in total. The van der Waals surface area contributed by atoms with Gasteiger partial charge in [-0.15, -0.1) is 0 Å². The van der Waals surface area contributed by atoms with Crippen LogP contribution in [0.2, 0.25) is 5.15 Å². The highest BCUT2D eigenvalue weighted by atomic mass is 35.5. The molecule has 6 heteroatoms. The van der Waals surface area contributed by atoms with E-state index in [0.717, 1.165) is 12.8 Å². The van der Waals surface area contributed by atoms with E-state index in [2.05, 4.69) is 10.3 Å². The number of aliphatic hydroxyl groups is 1. The Kier molecular flexibility index (Phi) is 4.04. The largest absolute Gasteiger partial charge is 0.391 e. The summed E-state index contributed by atoms with van der Waals surface area (Å²) in [5.41, 5.74) is 0.469. The van der Waals surface area contributed by atoms with Gasteiger partial charge in [-0.25, -0.2) is 9.78 Å². The first-order valence-electron chi connectivity index (χ1n) is 5.88. The summed E-state index contributed by atoms with van der Waals surface area (Å²) in [5.74, 6) is 0.349. The van der Waals surface area contributed by atoms with Gasteiger partial charge in [-0.1, -0.05) is 11.6 Å². The maximum absolute atomic E-state index is 11.9. The van der Waals surface area contributed by atoms with Crippen molar-refractivity contribution in [1.82, 2.24) is 9.88 Å². The van der Waals surface area contributed by atoms with Gasteiger partial charge in [0.05, 0.1) is 11.8 Å². The Hall–Kier alpha value is -1.33. The molecule has 0 aliphatic heterocycles. The molecule has 0 aromatic carbocycles. The molecule has 18 heavy (non-hydrogen) atoms. The summed E-state index contributed by atoms with van der Waals surface area (Å²) in [4.78, 5) is 17.2. The molecule has 1 unspecified atom stereocenters. The fourth-order valence-corrected chi connectivity index (χ4v) is 1.85. The molecule has 0 radical (unpaired) electrons. The lowest BCUT2D eigenvalue weighted by Crippen LogP contribution is -2.38. The van der Waals surface area contributed by atoms with Crippen LogP contribution in [0.1, 0.15) is 12.8 Å². The van der Waals surface area contributed by atoms with Crippen molar-refractivity contribution in [3.63, 3.8) is 0 Å². The molecule has 1 aliphatic rings. The number of carbonyl (C=O) groups excluding carboxylic acids is 1. The van der Waals surface area contributed by atoms with E-state index in [4.69, 9.17) is 11.6 Å². The minimum Gasteiger partial charge on any atom is -0.391 e. The monoisotopic (exact) mass is 269 g/mol. The summed E-state index contributed by atoms with van der Waals surface area (Å²) in [6.07, 6.45) is 3.21. The first kappa shape index (κ1) is 13.1. The molecule has 1 fully saturated rings. The maximum Gasteiger partial charge on any atom is 0.321 e. The van der Waals surface area contributed by atoms with Crippen LogP contribution >= 0.6 is 11.6 Å². The van der Waals surface area contributed by atoms with Gasteiger partial charge in [-0.2, -0.15) is 0 Å². The fourth-order valence-electron chi connectivity index (χ4n) is 1.68. The molecular weight excluding hydrogens is 254 g/mol. The lowest BCUT2D eigenvalue weighted by Gasteiger charge is -2.21. The summed E-state index contributed by atoms with van der Waals surface area (Å²) < 4.78 is 0. The molecule has 98 valence electrons. The number of nitrogens with zero attached hydrogens (tertiary/aromatic N) is 2. The van der Waals surface area contributed by atoms with Crippen molar-refractivity contribution in [2.24, 2.45) is 5.92 Å². The molecule has 1 aliphatic carbocycles. The summed E-state index contributed by atoms with van der Waals surface area (Å²) >= 11 is 5.85. The zero-order chi connectivity index (χ0) is 13.1. The van der Waals surface area contributed by atoms with Crippen LogP contribution in [0.5, 0.6) is 0 Å². The number of halogens is 1. The average molecular weight is 270 g/mol. The number of hydrogen-bond donors (Lipinski definition) is 2. The Labute approximate surface area is 111 Å². The molecular formula is C12H16ClN3O2. The molecule has 5 nitrogen and oxygen atoms in total. The number of hydrogen-bond acceptors (Lipinski definition) is 3. The molecule has 1 aromatic heterocycles. The minimum atomic E-state index is -0.440. The quantitative estimate of drug-likeness (QED) is 0.822. The van der Waals surface area contributed by atoms with Crippen LogP contribution < -0.4 is 5.32 Å². The second-order valence-electron chi connectivity index (χ2n) is 4.56. The predicted octanol–water partition coefficient (Wildman–Crippen LogP) is 1.97. The number of likely N-dealkylation sites (N-methyl/N-ethyl adjacent to an activating group) is 1. The number of aliphatic hydroxyl groups excluding tert-OH is 1. The standard InChI is InChI=1S/C12H16ClN3O2/c1-16(7-10(17)8-4-5-8)12(18)15-9-3-2-6-14-11(9)13/h2-3,6,8,10,17H,4-5,7H2,1H3,(H,15,18). The first-order valence-corrected chi connectivity index (χ1v) is 6.26. The number of amides is 2. The highest BCUT2D eigenvalue weighted by molar-refractivity contribution is 6.32. The third-order valence-corrected chi connectivity index (χ3v) is 3.28. The third kappa shape index (κ3) is 3.34. The van der Waals surface area contributed by atoms with Crippen molar-refractivity contribution in [3.05, 3.63) is 23.5 Å². The topological polar surface area (TPSA) is 65.5 Å². The van der Waals surface area contributed by atoms with Gasteiger partial charge in [0.1, 0.15) is 0 Å². The normalized spacial score (nSPS) is 16.2. The summed E-state index contributed by atoms with van der Waals surface area (Å²) in [5, 5.41) is 12.7. The van der Waals surface area contributed by atoms with E-state index in [9.17, 15) is 9.90 Å². The van der Waals surface area contributed by atoms with Gasteiger partial charge in [0.15, 0.2) is 5.15 Å². The number of anilines is 1. The Balaban J connectivity index is 1.88. The number of carbonyl (C=O) groups is 1. The van der Waals surface area contributed by atoms with E-state index in [1.165, 1.54) is 4.90 Å². The fraction of sp³-hybridized carbons (Fsp3) is 0.500. The molecule has 0 saturated heterocycles. The Bertz CT molecular complexity index is 437. The van der Waals surface area contributed by atoms with Crippen LogP contribution in [0.3, 0.4) is 0 Å². The van der Waals surface area contributed by atoms with Crippen molar-refractivity contribution in [2.45, 2.75) is 18.9 Å². The van der Waals surface area contributed by atoms with Gasteiger partial charge in [0.25, 0.3) is 0 Å². The van der Waals surface area contributed by atoms with Crippen LogP contribution in [0.4, 0.5) is 10.5 Å². The number of nitrogens with one attached hydrogen (secondary N) is 1. The maximum atomic E-state index is 11.9. The second kappa shape index (κ2) is 5.54. The molecule has 2 amide bonds. The Morgan fingerprint density at radius 3 is 3.06 bits per heavy atom. The van der Waals surface area contributed by atoms with E-state index in [-0.39, 0.29) is 11.2 Å². The van der Waals surface area contributed by atoms with Crippen LogP contribution in [0.15, 0.2) is 18.3 Å². The molecule has 0 bridgehead atoms. The van der Waals surface area contributed by atoms with Crippen LogP contribution in [-0.2, 0) is 0 Å². The Morgan fingerprint density at radius 2 is 2.44 bits per heavy atom. The minimum absolute atomic E-state index is 0.252. The van der Waals surface area contributed by atoms with E-state index in [0.29, 0.717) is 18.2 Å².